The van der Waals surface area contributed by atoms with Gasteiger partial charge in [0.2, 0.25) is 0 Å². The van der Waals surface area contributed by atoms with Gasteiger partial charge in [0.05, 0.1) is 11.4 Å². The molecule has 0 saturated heterocycles. The number of hydrogen-bond donors (Lipinski definition) is 1. The van der Waals surface area contributed by atoms with Gasteiger partial charge in [-0.05, 0) is 25.0 Å². The highest BCUT2D eigenvalue weighted by atomic mass is 15.1. The van der Waals surface area contributed by atoms with E-state index in [1.807, 2.05) is 54.6 Å². The zero-order chi connectivity index (χ0) is 16.9. The molecule has 1 N–H and O–H groups in total. The topological polar surface area (TPSA) is 50.7 Å². The third kappa shape index (κ3) is 3.85. The van der Waals surface area contributed by atoms with E-state index in [1.165, 1.54) is 32.1 Å². The molecule has 0 amide bonds. The molecule has 25 heavy (non-hydrogen) atoms. The second-order valence-corrected chi connectivity index (χ2v) is 6.52. The number of benzene rings is 1. The van der Waals surface area contributed by atoms with E-state index in [4.69, 9.17) is 9.97 Å². The molecule has 126 valence electrons. The first-order chi connectivity index (χ1) is 12.4. The van der Waals surface area contributed by atoms with Gasteiger partial charge in [-0.15, -0.1) is 0 Å². The summed E-state index contributed by atoms with van der Waals surface area (Å²) in [5.41, 5.74) is 2.74. The number of rotatable bonds is 4. The van der Waals surface area contributed by atoms with Crippen molar-refractivity contribution in [2.75, 3.05) is 5.32 Å². The van der Waals surface area contributed by atoms with Crippen molar-refractivity contribution < 1.29 is 0 Å². The monoisotopic (exact) mass is 330 g/mol. The Hall–Kier alpha value is -2.75. The molecule has 0 atom stereocenters. The maximum absolute atomic E-state index is 4.77. The van der Waals surface area contributed by atoms with E-state index in [0.717, 1.165) is 28.6 Å². The molecule has 2 aromatic heterocycles. The zero-order valence-electron chi connectivity index (χ0n) is 14.2. The predicted molar refractivity (Wildman–Crippen MR) is 101 cm³/mol. The van der Waals surface area contributed by atoms with Crippen LogP contribution in [-0.2, 0) is 0 Å². The number of nitrogens with one attached hydrogen (secondary N) is 1. The van der Waals surface area contributed by atoms with Crippen molar-refractivity contribution in [1.29, 1.82) is 0 Å². The molecule has 4 nitrogen and oxygen atoms in total. The van der Waals surface area contributed by atoms with Gasteiger partial charge in [0.1, 0.15) is 5.82 Å². The first-order valence-corrected chi connectivity index (χ1v) is 9.01. The predicted octanol–water partition coefficient (Wildman–Crippen LogP) is 4.95. The van der Waals surface area contributed by atoms with Gasteiger partial charge in [0.15, 0.2) is 5.82 Å². The fourth-order valence-electron chi connectivity index (χ4n) is 3.34. The van der Waals surface area contributed by atoms with Crippen LogP contribution in [-0.4, -0.2) is 21.0 Å². The van der Waals surface area contributed by atoms with Crippen molar-refractivity contribution in [1.82, 2.24) is 15.0 Å². The third-order valence-corrected chi connectivity index (χ3v) is 4.64. The number of nitrogens with zero attached hydrogens (tertiary/aromatic N) is 3. The van der Waals surface area contributed by atoms with Gasteiger partial charge < -0.3 is 5.32 Å². The fourth-order valence-corrected chi connectivity index (χ4v) is 3.34. The Morgan fingerprint density at radius 2 is 1.60 bits per heavy atom. The van der Waals surface area contributed by atoms with Crippen LogP contribution in [0.4, 0.5) is 5.82 Å². The first kappa shape index (κ1) is 15.8. The Bertz CT molecular complexity index is 754. The van der Waals surface area contributed by atoms with Crippen LogP contribution in [0.3, 0.4) is 0 Å². The molecule has 1 aliphatic rings. The van der Waals surface area contributed by atoms with Gasteiger partial charge in [0.25, 0.3) is 0 Å². The summed E-state index contributed by atoms with van der Waals surface area (Å²) < 4.78 is 0. The molecule has 1 aromatic carbocycles. The van der Waals surface area contributed by atoms with Crippen LogP contribution < -0.4 is 5.32 Å². The molecule has 4 rings (SSSR count). The number of aromatic nitrogens is 3. The lowest BCUT2D eigenvalue weighted by Crippen LogP contribution is -2.23. The summed E-state index contributed by atoms with van der Waals surface area (Å²) in [7, 11) is 0. The van der Waals surface area contributed by atoms with Crippen LogP contribution in [0.1, 0.15) is 32.1 Å². The average molecular weight is 330 g/mol. The molecular formula is C21H22N4. The van der Waals surface area contributed by atoms with Gasteiger partial charge in [-0.3, -0.25) is 4.98 Å². The highest BCUT2D eigenvalue weighted by Crippen LogP contribution is 2.26. The second-order valence-electron chi connectivity index (χ2n) is 6.52. The molecule has 2 heterocycles. The van der Waals surface area contributed by atoms with Crippen LogP contribution in [0.5, 0.6) is 0 Å². The van der Waals surface area contributed by atoms with Gasteiger partial charge >= 0.3 is 0 Å². The van der Waals surface area contributed by atoms with Crippen LogP contribution >= 0.6 is 0 Å². The van der Waals surface area contributed by atoms with Crippen molar-refractivity contribution in [3.05, 3.63) is 60.8 Å². The van der Waals surface area contributed by atoms with Crippen molar-refractivity contribution in [2.24, 2.45) is 0 Å². The van der Waals surface area contributed by atoms with Crippen molar-refractivity contribution in [2.45, 2.75) is 38.1 Å². The van der Waals surface area contributed by atoms with Gasteiger partial charge in [-0.1, -0.05) is 55.7 Å². The molecule has 1 fully saturated rings. The number of hydrogen-bond acceptors (Lipinski definition) is 4. The smallest absolute Gasteiger partial charge is 0.162 e. The minimum atomic E-state index is 0.504. The van der Waals surface area contributed by atoms with E-state index in [1.54, 1.807) is 6.20 Å². The molecule has 0 bridgehead atoms. The Morgan fingerprint density at radius 3 is 2.36 bits per heavy atom. The fraction of sp³-hybridized carbons (Fsp3) is 0.286. The average Bonchev–Trinajstić information content (AvgIpc) is 2.70. The van der Waals surface area contributed by atoms with Crippen LogP contribution in [0.15, 0.2) is 60.8 Å². The summed E-state index contributed by atoms with van der Waals surface area (Å²) in [6, 6.07) is 18.5. The maximum Gasteiger partial charge on any atom is 0.162 e. The van der Waals surface area contributed by atoms with Crippen LogP contribution in [0.2, 0.25) is 0 Å². The van der Waals surface area contributed by atoms with Crippen molar-refractivity contribution in [3.8, 4) is 22.8 Å². The highest BCUT2D eigenvalue weighted by molar-refractivity contribution is 5.65. The molecule has 1 saturated carbocycles. The number of pyridine rings is 1. The van der Waals surface area contributed by atoms with E-state index in [0.29, 0.717) is 6.04 Å². The Labute approximate surface area is 148 Å². The minimum absolute atomic E-state index is 0.504. The van der Waals surface area contributed by atoms with E-state index < -0.39 is 0 Å². The van der Waals surface area contributed by atoms with Gasteiger partial charge in [-0.2, -0.15) is 0 Å². The third-order valence-electron chi connectivity index (χ3n) is 4.64. The number of anilines is 1. The second kappa shape index (κ2) is 7.43. The Kier molecular flexibility index (Phi) is 4.68. The molecular weight excluding hydrogens is 308 g/mol. The van der Waals surface area contributed by atoms with Gasteiger partial charge in [-0.25, -0.2) is 9.97 Å². The SMILES string of the molecule is c1ccc(-c2nc(NC3CCCCC3)cc(-c3ccccn3)n2)cc1. The van der Waals surface area contributed by atoms with Crippen LogP contribution in [0, 0.1) is 0 Å². The molecule has 1 aliphatic carbocycles. The summed E-state index contributed by atoms with van der Waals surface area (Å²) in [5, 5.41) is 3.62. The zero-order valence-corrected chi connectivity index (χ0v) is 14.2. The van der Waals surface area contributed by atoms with E-state index >= 15 is 0 Å². The van der Waals surface area contributed by atoms with E-state index in [2.05, 4.69) is 10.3 Å². The lowest BCUT2D eigenvalue weighted by Gasteiger charge is -2.23. The maximum atomic E-state index is 4.77. The summed E-state index contributed by atoms with van der Waals surface area (Å²) in [4.78, 5) is 14.0. The van der Waals surface area contributed by atoms with Gasteiger partial charge in [0, 0.05) is 23.9 Å². The molecule has 0 spiro atoms. The van der Waals surface area contributed by atoms with Crippen molar-refractivity contribution >= 4 is 5.82 Å². The lowest BCUT2D eigenvalue weighted by molar-refractivity contribution is 0.462. The molecule has 4 heteroatoms. The van der Waals surface area contributed by atoms with Crippen molar-refractivity contribution in [3.63, 3.8) is 0 Å². The van der Waals surface area contributed by atoms with Crippen LogP contribution in [0.25, 0.3) is 22.8 Å². The van der Waals surface area contributed by atoms with E-state index in [9.17, 15) is 0 Å². The Balaban J connectivity index is 1.72. The molecule has 0 radical (unpaired) electrons. The molecule has 0 aliphatic heterocycles. The minimum Gasteiger partial charge on any atom is -0.367 e. The Morgan fingerprint density at radius 1 is 0.800 bits per heavy atom. The normalized spacial score (nSPS) is 15.0. The quantitative estimate of drug-likeness (QED) is 0.735. The summed E-state index contributed by atoms with van der Waals surface area (Å²) in [6.07, 6.45) is 8.15. The lowest BCUT2D eigenvalue weighted by atomic mass is 9.95. The highest BCUT2D eigenvalue weighted by Gasteiger charge is 2.15. The summed E-state index contributed by atoms with van der Waals surface area (Å²) in [5.74, 6) is 1.63. The first-order valence-electron chi connectivity index (χ1n) is 9.01. The summed E-state index contributed by atoms with van der Waals surface area (Å²) in [6.45, 7) is 0. The largest absolute Gasteiger partial charge is 0.367 e. The van der Waals surface area contributed by atoms with E-state index in [-0.39, 0.29) is 0 Å². The molecule has 0 unspecified atom stereocenters. The molecule has 3 aromatic rings. The standard InChI is InChI=1S/C21H22N4/c1-3-9-16(10-4-1)21-24-19(18-13-7-8-14-22-18)15-20(25-21)23-17-11-5-2-6-12-17/h1,3-4,7-10,13-15,17H,2,5-6,11-12H2,(H,23,24,25). The summed E-state index contributed by atoms with van der Waals surface area (Å²) >= 11 is 0.